The van der Waals surface area contributed by atoms with E-state index in [0.717, 1.165) is 5.92 Å². The molecule has 0 nitrogen and oxygen atoms in total. The van der Waals surface area contributed by atoms with Crippen molar-refractivity contribution in [3.63, 3.8) is 0 Å². The molecule has 2 saturated carbocycles. The molecule has 0 saturated heterocycles. The molecule has 6 unspecified atom stereocenters. The molecule has 32 heavy (non-hydrogen) atoms. The van der Waals surface area contributed by atoms with E-state index in [1.807, 2.05) is 0 Å². The summed E-state index contributed by atoms with van der Waals surface area (Å²) in [5.41, 5.74) is 6.00. The highest BCUT2D eigenvalue weighted by Gasteiger charge is 2.73. The Morgan fingerprint density at radius 1 is 0.906 bits per heavy atom. The fourth-order valence-electron chi connectivity index (χ4n) is 9.95. The number of halogens is 1. The molecule has 1 heteroatoms. The topological polar surface area (TPSA) is 0 Å². The standard InChI is InChI=1S/C31H41Cl/c1-29(19-9-4-10-20-29)31(23-13-5-3-6-14-23)25-18-17-22-12-7-8-15-24(22)27(25)30(2)21-11-16-26(32)28(30)31/h5,8,11,13-16,25-28H,3-4,6-7,9-10,12,17-21H2,1-2H3. The molecular formula is C31H41Cl. The zero-order valence-electron chi connectivity index (χ0n) is 20.2. The second-order valence-electron chi connectivity index (χ2n) is 12.3. The molecule has 0 aromatic rings. The Labute approximate surface area is 201 Å². The highest BCUT2D eigenvalue weighted by atomic mass is 35.5. The fourth-order valence-corrected chi connectivity index (χ4v) is 10.5. The summed E-state index contributed by atoms with van der Waals surface area (Å²) >= 11 is 7.46. The Morgan fingerprint density at radius 3 is 2.50 bits per heavy atom. The van der Waals surface area contributed by atoms with Crippen LogP contribution in [0.3, 0.4) is 0 Å². The second kappa shape index (κ2) is 7.76. The first-order chi connectivity index (χ1) is 15.5. The van der Waals surface area contributed by atoms with Gasteiger partial charge in [0.15, 0.2) is 0 Å². The lowest BCUT2D eigenvalue weighted by Gasteiger charge is -2.59. The third kappa shape index (κ3) is 2.74. The van der Waals surface area contributed by atoms with E-state index in [1.165, 1.54) is 77.0 Å². The van der Waals surface area contributed by atoms with Crippen LogP contribution in [-0.2, 0) is 0 Å². The molecule has 0 bridgehead atoms. The van der Waals surface area contributed by atoms with Gasteiger partial charge in [-0.15, -0.1) is 11.6 Å². The summed E-state index contributed by atoms with van der Waals surface area (Å²) < 4.78 is 0. The molecule has 0 aliphatic heterocycles. The number of hydrogen-bond donors (Lipinski definition) is 0. The van der Waals surface area contributed by atoms with Gasteiger partial charge in [0.05, 0.1) is 5.38 Å². The molecule has 0 N–H and O–H groups in total. The summed E-state index contributed by atoms with van der Waals surface area (Å²) in [5, 5.41) is 0.144. The van der Waals surface area contributed by atoms with Crippen molar-refractivity contribution in [1.82, 2.24) is 0 Å². The van der Waals surface area contributed by atoms with Crippen molar-refractivity contribution in [2.45, 2.75) is 96.3 Å². The van der Waals surface area contributed by atoms with E-state index in [1.54, 1.807) is 16.7 Å². The van der Waals surface area contributed by atoms with Gasteiger partial charge in [0.2, 0.25) is 0 Å². The molecule has 0 amide bonds. The predicted octanol–water partition coefficient (Wildman–Crippen LogP) is 9.10. The molecule has 0 heterocycles. The van der Waals surface area contributed by atoms with E-state index in [9.17, 15) is 0 Å². The zero-order valence-corrected chi connectivity index (χ0v) is 21.0. The van der Waals surface area contributed by atoms with Crippen molar-refractivity contribution in [3.05, 3.63) is 59.3 Å². The van der Waals surface area contributed by atoms with Crippen LogP contribution in [0.5, 0.6) is 0 Å². The molecule has 0 radical (unpaired) electrons. The number of rotatable bonds is 2. The van der Waals surface area contributed by atoms with Crippen molar-refractivity contribution in [1.29, 1.82) is 0 Å². The maximum Gasteiger partial charge on any atom is 0.0558 e. The van der Waals surface area contributed by atoms with Gasteiger partial charge in [-0.05, 0) is 97.5 Å². The van der Waals surface area contributed by atoms with Gasteiger partial charge in [0, 0.05) is 5.41 Å². The molecule has 6 aliphatic rings. The largest absolute Gasteiger partial charge is 0.118 e. The van der Waals surface area contributed by atoms with Gasteiger partial charge >= 0.3 is 0 Å². The molecule has 0 spiro atoms. The van der Waals surface area contributed by atoms with Crippen LogP contribution in [0, 0.1) is 34.0 Å². The number of hydrogen-bond acceptors (Lipinski definition) is 0. The molecule has 6 rings (SSSR count). The Morgan fingerprint density at radius 2 is 1.72 bits per heavy atom. The maximum absolute atomic E-state index is 7.46. The summed E-state index contributed by atoms with van der Waals surface area (Å²) in [6.45, 7) is 5.34. The minimum absolute atomic E-state index is 0.144. The van der Waals surface area contributed by atoms with Crippen LogP contribution in [0.2, 0.25) is 0 Å². The highest BCUT2D eigenvalue weighted by molar-refractivity contribution is 6.22. The van der Waals surface area contributed by atoms with E-state index in [0.29, 0.717) is 17.3 Å². The van der Waals surface area contributed by atoms with Gasteiger partial charge < -0.3 is 0 Å². The third-order valence-electron chi connectivity index (χ3n) is 10.9. The predicted molar refractivity (Wildman–Crippen MR) is 137 cm³/mol. The summed E-state index contributed by atoms with van der Waals surface area (Å²) in [6, 6.07) is 0. The fraction of sp³-hybridized carbons (Fsp3) is 0.677. The Hall–Kier alpha value is -1.01. The molecule has 2 fully saturated rings. The van der Waals surface area contributed by atoms with E-state index in [4.69, 9.17) is 11.6 Å². The van der Waals surface area contributed by atoms with Crippen LogP contribution >= 0.6 is 11.6 Å². The lowest BCUT2D eigenvalue weighted by molar-refractivity contribution is -0.0395. The van der Waals surface area contributed by atoms with Crippen LogP contribution in [0.15, 0.2) is 59.3 Å². The SMILES string of the molecule is CC12CC=CC(Cl)C1C(C1=CCCC=C1)(C1(C)CCCCC1)C1CCC3=C(C=CCC3)C12. The van der Waals surface area contributed by atoms with Gasteiger partial charge in [-0.2, -0.15) is 0 Å². The highest BCUT2D eigenvalue weighted by Crippen LogP contribution is 2.78. The van der Waals surface area contributed by atoms with E-state index in [-0.39, 0.29) is 16.2 Å². The first-order valence-corrected chi connectivity index (χ1v) is 14.0. The Kier molecular flexibility index (Phi) is 5.22. The van der Waals surface area contributed by atoms with Crippen LogP contribution in [-0.4, -0.2) is 5.38 Å². The van der Waals surface area contributed by atoms with Crippen molar-refractivity contribution >= 4 is 11.6 Å². The van der Waals surface area contributed by atoms with Crippen LogP contribution < -0.4 is 0 Å². The van der Waals surface area contributed by atoms with Gasteiger partial charge in [-0.3, -0.25) is 0 Å². The normalized spacial score (nSPS) is 44.7. The van der Waals surface area contributed by atoms with Gasteiger partial charge in [0.25, 0.3) is 0 Å². The molecular weight excluding hydrogens is 408 g/mol. The lowest BCUT2D eigenvalue weighted by atomic mass is 9.45. The van der Waals surface area contributed by atoms with E-state index >= 15 is 0 Å². The molecule has 0 aromatic carbocycles. The first kappa shape index (κ1) is 21.5. The van der Waals surface area contributed by atoms with Crippen LogP contribution in [0.1, 0.15) is 90.9 Å². The molecule has 6 aliphatic carbocycles. The number of alkyl halides is 1. The van der Waals surface area contributed by atoms with Crippen molar-refractivity contribution < 1.29 is 0 Å². The Balaban J connectivity index is 1.64. The summed E-state index contributed by atoms with van der Waals surface area (Å²) in [7, 11) is 0. The van der Waals surface area contributed by atoms with Crippen LogP contribution in [0.4, 0.5) is 0 Å². The number of fused-ring (bicyclic) bond motifs is 4. The average molecular weight is 449 g/mol. The maximum atomic E-state index is 7.46. The third-order valence-corrected chi connectivity index (χ3v) is 11.3. The summed E-state index contributed by atoms with van der Waals surface area (Å²) in [6.07, 6.45) is 33.3. The first-order valence-electron chi connectivity index (χ1n) is 13.6. The van der Waals surface area contributed by atoms with E-state index in [2.05, 4.69) is 56.4 Å². The van der Waals surface area contributed by atoms with Crippen LogP contribution in [0.25, 0.3) is 0 Å². The average Bonchev–Trinajstić information content (AvgIpc) is 3.08. The second-order valence-corrected chi connectivity index (χ2v) is 12.8. The quantitative estimate of drug-likeness (QED) is 0.291. The van der Waals surface area contributed by atoms with Crippen molar-refractivity contribution in [3.8, 4) is 0 Å². The smallest absolute Gasteiger partial charge is 0.0558 e. The summed E-state index contributed by atoms with van der Waals surface area (Å²) in [4.78, 5) is 0. The van der Waals surface area contributed by atoms with Gasteiger partial charge in [-0.25, -0.2) is 0 Å². The van der Waals surface area contributed by atoms with Gasteiger partial charge in [0.1, 0.15) is 0 Å². The van der Waals surface area contributed by atoms with Gasteiger partial charge in [-0.1, -0.05) is 81.2 Å². The molecule has 172 valence electrons. The Bertz CT molecular complexity index is 922. The lowest BCUT2D eigenvalue weighted by Crippen LogP contribution is -2.54. The zero-order chi connectivity index (χ0) is 22.0. The van der Waals surface area contributed by atoms with E-state index < -0.39 is 0 Å². The molecule has 6 atom stereocenters. The minimum atomic E-state index is 0.144. The summed E-state index contributed by atoms with van der Waals surface area (Å²) in [5.74, 6) is 1.90. The minimum Gasteiger partial charge on any atom is -0.118 e. The monoisotopic (exact) mass is 448 g/mol. The number of allylic oxidation sites excluding steroid dienone is 10. The molecule has 0 aromatic heterocycles. The van der Waals surface area contributed by atoms with Crippen molar-refractivity contribution in [2.75, 3.05) is 0 Å². The van der Waals surface area contributed by atoms with Crippen molar-refractivity contribution in [2.24, 2.45) is 34.0 Å².